The number of halogens is 2. The van der Waals surface area contributed by atoms with Crippen LogP contribution in [0.15, 0.2) is 6.07 Å². The molecule has 2 saturated carbocycles. The molecule has 1 spiro atoms. The van der Waals surface area contributed by atoms with E-state index in [1.54, 1.807) is 0 Å². The van der Waals surface area contributed by atoms with Gasteiger partial charge in [0.1, 0.15) is 5.82 Å². The van der Waals surface area contributed by atoms with E-state index in [9.17, 15) is 0 Å². The molecule has 2 saturated heterocycles. The van der Waals surface area contributed by atoms with Crippen molar-refractivity contribution < 1.29 is 4.74 Å². The largest absolute Gasteiger partial charge is 0.371 e. The Bertz CT molecular complexity index is 658. The van der Waals surface area contributed by atoms with E-state index in [0.717, 1.165) is 57.4 Å². The third-order valence-electron chi connectivity index (χ3n) is 6.79. The molecule has 0 amide bonds. The van der Waals surface area contributed by atoms with Crippen LogP contribution in [0.4, 0.5) is 11.8 Å². The van der Waals surface area contributed by atoms with Crippen LogP contribution >= 0.6 is 24.8 Å². The molecule has 1 aromatic heterocycles. The van der Waals surface area contributed by atoms with E-state index in [1.807, 2.05) is 0 Å². The summed E-state index contributed by atoms with van der Waals surface area (Å²) in [6.45, 7) is 4.89. The second kappa shape index (κ2) is 8.90. The summed E-state index contributed by atoms with van der Waals surface area (Å²) in [6, 6.07) is 2.59. The van der Waals surface area contributed by atoms with Crippen molar-refractivity contribution in [2.45, 2.75) is 68.9 Å². The van der Waals surface area contributed by atoms with Crippen LogP contribution in [0.25, 0.3) is 0 Å². The maximum absolute atomic E-state index is 6.22. The molecule has 28 heavy (non-hydrogen) atoms. The van der Waals surface area contributed by atoms with Crippen molar-refractivity contribution in [1.82, 2.24) is 9.97 Å². The van der Waals surface area contributed by atoms with Gasteiger partial charge in [0, 0.05) is 44.2 Å². The number of rotatable bonds is 3. The first-order chi connectivity index (χ1) is 12.7. The van der Waals surface area contributed by atoms with Crippen LogP contribution < -0.4 is 15.5 Å². The first-order valence-corrected chi connectivity index (χ1v) is 10.5. The zero-order valence-electron chi connectivity index (χ0n) is 16.5. The Hall–Kier alpha value is -0.820. The molecule has 0 atom stereocenters. The molecule has 0 radical (unpaired) electrons. The minimum atomic E-state index is 0. The minimum Gasteiger partial charge on any atom is -0.371 e. The molecule has 5 rings (SSSR count). The first kappa shape index (κ1) is 21.9. The Balaban J connectivity index is 0.00000112. The third-order valence-corrected chi connectivity index (χ3v) is 6.79. The van der Waals surface area contributed by atoms with E-state index in [2.05, 4.69) is 15.9 Å². The zero-order chi connectivity index (χ0) is 17.6. The average molecular weight is 430 g/mol. The summed E-state index contributed by atoms with van der Waals surface area (Å²) in [5.41, 5.74) is 7.31. The molecule has 3 heterocycles. The van der Waals surface area contributed by atoms with Gasteiger partial charge in [-0.2, -0.15) is 4.98 Å². The fraction of sp³-hybridized carbons (Fsp3) is 0.800. The van der Waals surface area contributed by atoms with E-state index in [1.165, 1.54) is 44.2 Å². The van der Waals surface area contributed by atoms with Crippen molar-refractivity contribution in [3.05, 3.63) is 11.8 Å². The molecule has 0 aromatic carbocycles. The number of nitrogens with two attached hydrogens (primary N) is 1. The SMILES string of the molecule is Cl.Cl.NC1CC(c2cc(N3CCOC4(CCCC4)C3)nc(N3CCCC3)n2)C1. The van der Waals surface area contributed by atoms with Gasteiger partial charge in [0.25, 0.3) is 0 Å². The van der Waals surface area contributed by atoms with Crippen molar-refractivity contribution in [3.63, 3.8) is 0 Å². The lowest BCUT2D eigenvalue weighted by molar-refractivity contribution is -0.0503. The Labute approximate surface area is 180 Å². The van der Waals surface area contributed by atoms with Gasteiger partial charge in [0.05, 0.1) is 17.9 Å². The van der Waals surface area contributed by atoms with Crippen LogP contribution in [-0.4, -0.2) is 54.4 Å². The van der Waals surface area contributed by atoms with Gasteiger partial charge in [-0.25, -0.2) is 4.98 Å². The number of nitrogens with zero attached hydrogens (tertiary/aromatic N) is 4. The number of hydrogen-bond donors (Lipinski definition) is 1. The van der Waals surface area contributed by atoms with Crippen LogP contribution in [-0.2, 0) is 4.74 Å². The summed E-state index contributed by atoms with van der Waals surface area (Å²) < 4.78 is 6.22. The summed E-state index contributed by atoms with van der Waals surface area (Å²) in [6.07, 6.45) is 9.58. The lowest BCUT2D eigenvalue weighted by Crippen LogP contribution is -2.50. The second-order valence-electron chi connectivity index (χ2n) is 8.73. The standard InChI is InChI=1S/C20H31N5O.2ClH/c21-16-11-15(12-16)17-13-18(23-19(22-17)24-7-3-4-8-24)25-9-10-26-20(14-25)5-1-2-6-20;;/h13,15-16H,1-12,14,21H2;2*1H. The van der Waals surface area contributed by atoms with Gasteiger partial charge in [-0.15, -0.1) is 24.8 Å². The van der Waals surface area contributed by atoms with Gasteiger partial charge < -0.3 is 20.3 Å². The highest BCUT2D eigenvalue weighted by Crippen LogP contribution is 2.39. The fourth-order valence-corrected chi connectivity index (χ4v) is 5.14. The topological polar surface area (TPSA) is 67.5 Å². The van der Waals surface area contributed by atoms with Crippen molar-refractivity contribution in [1.29, 1.82) is 0 Å². The van der Waals surface area contributed by atoms with Gasteiger partial charge in [-0.3, -0.25) is 0 Å². The molecule has 8 heteroatoms. The van der Waals surface area contributed by atoms with Crippen molar-refractivity contribution >= 4 is 36.6 Å². The molecule has 1 aromatic rings. The molecule has 6 nitrogen and oxygen atoms in total. The van der Waals surface area contributed by atoms with Crippen molar-refractivity contribution in [3.8, 4) is 0 Å². The van der Waals surface area contributed by atoms with Gasteiger partial charge >= 0.3 is 0 Å². The smallest absolute Gasteiger partial charge is 0.227 e. The highest BCUT2D eigenvalue weighted by Gasteiger charge is 2.40. The highest BCUT2D eigenvalue weighted by molar-refractivity contribution is 5.85. The molecule has 4 aliphatic rings. The lowest BCUT2D eigenvalue weighted by atomic mass is 9.78. The molecule has 4 fully saturated rings. The fourth-order valence-electron chi connectivity index (χ4n) is 5.14. The Morgan fingerprint density at radius 1 is 0.964 bits per heavy atom. The van der Waals surface area contributed by atoms with Gasteiger partial charge in [0.15, 0.2) is 0 Å². The van der Waals surface area contributed by atoms with Gasteiger partial charge in [-0.05, 0) is 38.5 Å². The number of aromatic nitrogens is 2. The molecule has 2 N–H and O–H groups in total. The summed E-state index contributed by atoms with van der Waals surface area (Å²) in [7, 11) is 0. The van der Waals surface area contributed by atoms with E-state index in [0.29, 0.717) is 12.0 Å². The molecular weight excluding hydrogens is 397 g/mol. The molecule has 158 valence electrons. The maximum atomic E-state index is 6.22. The van der Waals surface area contributed by atoms with Crippen LogP contribution in [0.5, 0.6) is 0 Å². The number of hydrogen-bond acceptors (Lipinski definition) is 6. The quantitative estimate of drug-likeness (QED) is 0.794. The summed E-state index contributed by atoms with van der Waals surface area (Å²) >= 11 is 0. The molecular formula is C20H33Cl2N5O. The summed E-state index contributed by atoms with van der Waals surface area (Å²) in [5, 5.41) is 0. The predicted octanol–water partition coefficient (Wildman–Crippen LogP) is 3.27. The van der Waals surface area contributed by atoms with Gasteiger partial charge in [0.2, 0.25) is 5.95 Å². The predicted molar refractivity (Wildman–Crippen MR) is 117 cm³/mol. The van der Waals surface area contributed by atoms with E-state index >= 15 is 0 Å². The zero-order valence-corrected chi connectivity index (χ0v) is 18.1. The van der Waals surface area contributed by atoms with Crippen molar-refractivity contribution in [2.75, 3.05) is 42.6 Å². The molecule has 0 bridgehead atoms. The maximum Gasteiger partial charge on any atom is 0.227 e. The Kier molecular flexibility index (Phi) is 6.96. The molecule has 0 unspecified atom stereocenters. The van der Waals surface area contributed by atoms with Gasteiger partial charge in [-0.1, -0.05) is 12.8 Å². The normalized spacial score (nSPS) is 28.6. The highest BCUT2D eigenvalue weighted by atomic mass is 35.5. The van der Waals surface area contributed by atoms with Crippen LogP contribution in [0.3, 0.4) is 0 Å². The molecule has 2 aliphatic heterocycles. The molecule has 2 aliphatic carbocycles. The number of ether oxygens (including phenoxy) is 1. The number of anilines is 2. The lowest BCUT2D eigenvalue weighted by Gasteiger charge is -2.41. The van der Waals surface area contributed by atoms with Crippen LogP contribution in [0.1, 0.15) is 63.0 Å². The van der Waals surface area contributed by atoms with E-state index in [4.69, 9.17) is 20.4 Å². The summed E-state index contributed by atoms with van der Waals surface area (Å²) in [4.78, 5) is 14.8. The average Bonchev–Trinajstić information content (AvgIpc) is 3.31. The monoisotopic (exact) mass is 429 g/mol. The van der Waals surface area contributed by atoms with Crippen molar-refractivity contribution in [2.24, 2.45) is 5.73 Å². The third kappa shape index (κ3) is 4.20. The minimum absolute atomic E-state index is 0. The second-order valence-corrected chi connectivity index (χ2v) is 8.73. The van der Waals surface area contributed by atoms with E-state index < -0.39 is 0 Å². The van der Waals surface area contributed by atoms with Crippen LogP contribution in [0.2, 0.25) is 0 Å². The Morgan fingerprint density at radius 2 is 1.68 bits per heavy atom. The number of morpholine rings is 1. The summed E-state index contributed by atoms with van der Waals surface area (Å²) in [5.74, 6) is 2.55. The first-order valence-electron chi connectivity index (χ1n) is 10.5. The van der Waals surface area contributed by atoms with Crippen LogP contribution in [0, 0.1) is 0 Å². The van der Waals surface area contributed by atoms with E-state index in [-0.39, 0.29) is 30.4 Å². The Morgan fingerprint density at radius 3 is 2.36 bits per heavy atom.